The molecule has 0 saturated heterocycles. The van der Waals surface area contributed by atoms with Gasteiger partial charge >= 0.3 is 0 Å². The number of benzene rings is 2. The summed E-state index contributed by atoms with van der Waals surface area (Å²) in [5, 5.41) is 15.3. The van der Waals surface area contributed by atoms with Gasteiger partial charge in [-0.05, 0) is 29.5 Å². The van der Waals surface area contributed by atoms with Gasteiger partial charge in [-0.2, -0.15) is 5.21 Å². The zero-order valence-electron chi connectivity index (χ0n) is 11.4. The van der Waals surface area contributed by atoms with E-state index < -0.39 is 0 Å². The Bertz CT molecular complexity index is 796. The lowest BCUT2D eigenvalue weighted by molar-refractivity contribution is 0.307. The van der Waals surface area contributed by atoms with Crippen molar-refractivity contribution in [1.82, 2.24) is 20.6 Å². The lowest BCUT2D eigenvalue weighted by Crippen LogP contribution is -1.99. The first-order chi connectivity index (χ1) is 11.1. The summed E-state index contributed by atoms with van der Waals surface area (Å²) in [4.78, 5) is 0. The van der Waals surface area contributed by atoms with E-state index >= 15 is 0 Å². The maximum atomic E-state index is 6.24. The second-order valence-corrected chi connectivity index (χ2v) is 6.12. The molecule has 23 heavy (non-hydrogen) atoms. The van der Waals surface area contributed by atoms with E-state index in [9.17, 15) is 0 Å². The van der Waals surface area contributed by atoms with Crippen molar-refractivity contribution in [1.29, 1.82) is 0 Å². The van der Waals surface area contributed by atoms with Crippen LogP contribution in [0.1, 0.15) is 5.56 Å². The molecule has 1 aromatic heterocycles. The fourth-order valence-corrected chi connectivity index (χ4v) is 3.03. The fourth-order valence-electron chi connectivity index (χ4n) is 1.93. The molecule has 2 aromatic carbocycles. The molecule has 0 aliphatic heterocycles. The van der Waals surface area contributed by atoms with Gasteiger partial charge < -0.3 is 4.74 Å². The third kappa shape index (κ3) is 3.53. The molecular weight excluding hydrogens is 382 g/mol. The summed E-state index contributed by atoms with van der Waals surface area (Å²) in [6.45, 7) is 0.138. The first-order valence-corrected chi connectivity index (χ1v) is 7.86. The van der Waals surface area contributed by atoms with Crippen molar-refractivity contribution in [2.75, 3.05) is 0 Å². The van der Waals surface area contributed by atoms with Crippen LogP contribution in [-0.4, -0.2) is 20.6 Å². The zero-order valence-corrected chi connectivity index (χ0v) is 14.4. The van der Waals surface area contributed by atoms with E-state index in [0.717, 1.165) is 0 Å². The first kappa shape index (κ1) is 16.3. The largest absolute Gasteiger partial charge is 0.486 e. The van der Waals surface area contributed by atoms with Gasteiger partial charge in [-0.25, -0.2) is 0 Å². The van der Waals surface area contributed by atoms with Crippen molar-refractivity contribution in [3.63, 3.8) is 0 Å². The van der Waals surface area contributed by atoms with E-state index in [-0.39, 0.29) is 6.61 Å². The number of H-pyrrole nitrogens is 1. The summed E-state index contributed by atoms with van der Waals surface area (Å²) < 4.78 is 5.69. The van der Waals surface area contributed by atoms with Crippen LogP contribution >= 0.6 is 46.4 Å². The van der Waals surface area contributed by atoms with Crippen molar-refractivity contribution in [2.45, 2.75) is 6.61 Å². The summed E-state index contributed by atoms with van der Waals surface area (Å²) in [6.07, 6.45) is 0. The second-order valence-electron chi connectivity index (χ2n) is 4.49. The molecule has 0 atom stereocenters. The Morgan fingerprint density at radius 1 is 0.957 bits per heavy atom. The standard InChI is InChI=1S/C14H8Cl4N4O/c15-9-2-1-3-10(16)8(9)6-23-13-11(17)4-7(5-12(13)18)14-19-21-22-20-14/h1-5H,6H2,(H,19,20,21,22). The average molecular weight is 390 g/mol. The number of tetrazole rings is 1. The molecular formula is C14H8Cl4N4O. The summed E-state index contributed by atoms with van der Waals surface area (Å²) in [5.41, 5.74) is 1.28. The van der Waals surface area contributed by atoms with Crippen LogP contribution in [0.2, 0.25) is 20.1 Å². The van der Waals surface area contributed by atoms with Crippen molar-refractivity contribution >= 4 is 46.4 Å². The number of aromatic nitrogens is 4. The smallest absolute Gasteiger partial charge is 0.204 e. The van der Waals surface area contributed by atoms with Crippen LogP contribution in [0.15, 0.2) is 30.3 Å². The summed E-state index contributed by atoms with van der Waals surface area (Å²) in [7, 11) is 0. The molecule has 9 heteroatoms. The van der Waals surface area contributed by atoms with Crippen LogP contribution in [0.4, 0.5) is 0 Å². The van der Waals surface area contributed by atoms with Crippen molar-refractivity contribution in [3.05, 3.63) is 56.0 Å². The van der Waals surface area contributed by atoms with Gasteiger partial charge in [0.15, 0.2) is 5.75 Å². The SMILES string of the molecule is Clc1cccc(Cl)c1COc1c(Cl)cc(-c2nn[nH]n2)cc1Cl. The van der Waals surface area contributed by atoms with Crippen LogP contribution in [0.25, 0.3) is 11.4 Å². The minimum atomic E-state index is 0.138. The Balaban J connectivity index is 1.86. The van der Waals surface area contributed by atoms with Crippen LogP contribution in [0.5, 0.6) is 5.75 Å². The Morgan fingerprint density at radius 3 is 2.17 bits per heavy atom. The van der Waals surface area contributed by atoms with Gasteiger partial charge in [0.1, 0.15) is 6.61 Å². The number of nitrogens with one attached hydrogen (secondary N) is 1. The highest BCUT2D eigenvalue weighted by molar-refractivity contribution is 6.37. The number of nitrogens with zero attached hydrogens (tertiary/aromatic N) is 3. The van der Waals surface area contributed by atoms with E-state index in [0.29, 0.717) is 42.8 Å². The van der Waals surface area contributed by atoms with E-state index in [1.165, 1.54) is 0 Å². The highest BCUT2D eigenvalue weighted by Crippen LogP contribution is 2.37. The molecule has 3 rings (SSSR count). The highest BCUT2D eigenvalue weighted by atomic mass is 35.5. The number of ether oxygens (including phenoxy) is 1. The lowest BCUT2D eigenvalue weighted by atomic mass is 10.2. The minimum Gasteiger partial charge on any atom is -0.486 e. The monoisotopic (exact) mass is 388 g/mol. The minimum absolute atomic E-state index is 0.138. The van der Waals surface area contributed by atoms with E-state index in [2.05, 4.69) is 20.6 Å². The number of hydrogen-bond acceptors (Lipinski definition) is 4. The maximum absolute atomic E-state index is 6.24. The molecule has 0 amide bonds. The van der Waals surface area contributed by atoms with E-state index in [1.807, 2.05) is 0 Å². The molecule has 118 valence electrons. The van der Waals surface area contributed by atoms with Gasteiger partial charge in [0.2, 0.25) is 5.82 Å². The van der Waals surface area contributed by atoms with Crippen molar-refractivity contribution in [2.24, 2.45) is 0 Å². The van der Waals surface area contributed by atoms with Crippen LogP contribution in [0, 0.1) is 0 Å². The van der Waals surface area contributed by atoms with Crippen LogP contribution in [-0.2, 0) is 6.61 Å². The van der Waals surface area contributed by atoms with Gasteiger partial charge in [0, 0.05) is 21.2 Å². The summed E-state index contributed by atoms with van der Waals surface area (Å²) >= 11 is 24.7. The van der Waals surface area contributed by atoms with Gasteiger partial charge in [-0.1, -0.05) is 52.5 Å². The Kier molecular flexibility index (Phi) is 4.92. The van der Waals surface area contributed by atoms with Gasteiger partial charge in [-0.3, -0.25) is 0 Å². The third-order valence-corrected chi connectivity index (χ3v) is 4.29. The van der Waals surface area contributed by atoms with E-state index in [4.69, 9.17) is 51.1 Å². The molecule has 0 unspecified atom stereocenters. The molecule has 5 nitrogen and oxygen atoms in total. The second kappa shape index (κ2) is 6.93. The molecule has 3 aromatic rings. The van der Waals surface area contributed by atoms with Gasteiger partial charge in [0.05, 0.1) is 10.0 Å². The molecule has 0 saturated carbocycles. The molecule has 0 bridgehead atoms. The van der Waals surface area contributed by atoms with Crippen LogP contribution in [0.3, 0.4) is 0 Å². The van der Waals surface area contributed by atoms with E-state index in [1.54, 1.807) is 30.3 Å². The average Bonchev–Trinajstić information content (AvgIpc) is 3.03. The van der Waals surface area contributed by atoms with Crippen molar-refractivity contribution < 1.29 is 4.74 Å². The van der Waals surface area contributed by atoms with Crippen molar-refractivity contribution in [3.8, 4) is 17.1 Å². The summed E-state index contributed by atoms with van der Waals surface area (Å²) in [6, 6.07) is 8.50. The third-order valence-electron chi connectivity index (χ3n) is 3.02. The lowest BCUT2D eigenvalue weighted by Gasteiger charge is -2.12. The maximum Gasteiger partial charge on any atom is 0.204 e. The number of halogens is 4. The fraction of sp³-hybridized carbons (Fsp3) is 0.0714. The van der Waals surface area contributed by atoms with Crippen LogP contribution < -0.4 is 4.74 Å². The Labute approximate surface area is 151 Å². The Morgan fingerprint density at radius 2 is 1.61 bits per heavy atom. The molecule has 1 heterocycles. The first-order valence-electron chi connectivity index (χ1n) is 6.35. The highest BCUT2D eigenvalue weighted by Gasteiger charge is 2.14. The quantitative estimate of drug-likeness (QED) is 0.677. The number of rotatable bonds is 4. The predicted molar refractivity (Wildman–Crippen MR) is 90.4 cm³/mol. The number of hydrogen-bond donors (Lipinski definition) is 1. The molecule has 0 aliphatic rings. The summed E-state index contributed by atoms with van der Waals surface area (Å²) in [5.74, 6) is 0.714. The molecule has 0 aliphatic carbocycles. The normalized spacial score (nSPS) is 10.8. The zero-order chi connectivity index (χ0) is 16.4. The van der Waals surface area contributed by atoms with Gasteiger partial charge in [-0.15, -0.1) is 10.2 Å². The Hall–Kier alpha value is -1.53. The molecule has 0 fully saturated rings. The molecule has 1 N–H and O–H groups in total. The number of aromatic amines is 1. The van der Waals surface area contributed by atoms with Gasteiger partial charge in [0.25, 0.3) is 0 Å². The molecule has 0 radical (unpaired) electrons. The topological polar surface area (TPSA) is 63.7 Å². The predicted octanol–water partition coefficient (Wildman–Crippen LogP) is 5.06. The molecule has 0 spiro atoms.